The summed E-state index contributed by atoms with van der Waals surface area (Å²) in [6.07, 6.45) is 2.34. The smallest absolute Gasteiger partial charge is 0.238 e. The number of methoxy groups -OCH3 is 1. The summed E-state index contributed by atoms with van der Waals surface area (Å²) in [4.78, 5) is 14.6. The third-order valence-corrected chi connectivity index (χ3v) is 4.61. The number of nitrogens with zero attached hydrogens (tertiary/aromatic N) is 1. The average molecular weight is 389 g/mol. The van der Waals surface area contributed by atoms with Crippen molar-refractivity contribution in [3.8, 4) is 5.75 Å². The molecule has 4 nitrogen and oxygen atoms in total. The van der Waals surface area contributed by atoms with Gasteiger partial charge in [-0.1, -0.05) is 28.1 Å². The highest BCUT2D eigenvalue weighted by atomic mass is 79.9. The summed E-state index contributed by atoms with van der Waals surface area (Å²) in [6.45, 7) is 1.19. The van der Waals surface area contributed by atoms with Gasteiger partial charge in [0.05, 0.1) is 13.7 Å². The number of benzene rings is 2. The molecule has 24 heavy (non-hydrogen) atoms. The largest absolute Gasteiger partial charge is 0.497 e. The van der Waals surface area contributed by atoms with Crippen molar-refractivity contribution in [1.29, 1.82) is 0 Å². The predicted octanol–water partition coefficient (Wildman–Crippen LogP) is 4.06. The van der Waals surface area contributed by atoms with Gasteiger partial charge in [-0.2, -0.15) is 0 Å². The summed E-state index contributed by atoms with van der Waals surface area (Å²) in [7, 11) is 1.66. The molecule has 0 atom stereocenters. The summed E-state index contributed by atoms with van der Waals surface area (Å²) in [5.74, 6) is 0.877. The van der Waals surface area contributed by atoms with Crippen molar-refractivity contribution >= 4 is 27.5 Å². The first-order chi connectivity index (χ1) is 11.6. The molecule has 2 aromatic carbocycles. The standard InChI is InChI=1S/C19H21BrN2O2/c1-24-18-10-2-14(3-11-18)12-22(17-8-9-17)13-19(23)21-16-6-4-15(20)5-7-16/h2-7,10-11,17H,8-9,12-13H2,1H3,(H,21,23). The highest BCUT2D eigenvalue weighted by Gasteiger charge is 2.30. The van der Waals surface area contributed by atoms with E-state index >= 15 is 0 Å². The van der Waals surface area contributed by atoms with Crippen LogP contribution in [0.1, 0.15) is 18.4 Å². The van der Waals surface area contributed by atoms with Crippen molar-refractivity contribution < 1.29 is 9.53 Å². The predicted molar refractivity (Wildman–Crippen MR) is 99.2 cm³/mol. The van der Waals surface area contributed by atoms with Crippen LogP contribution in [0, 0.1) is 0 Å². The number of nitrogens with one attached hydrogen (secondary N) is 1. The Hall–Kier alpha value is -1.85. The molecule has 0 spiro atoms. The molecule has 0 aliphatic heterocycles. The molecule has 2 aromatic rings. The summed E-state index contributed by atoms with van der Waals surface area (Å²) in [5.41, 5.74) is 2.02. The monoisotopic (exact) mass is 388 g/mol. The zero-order chi connectivity index (χ0) is 16.9. The second-order valence-corrected chi connectivity index (χ2v) is 6.95. The Morgan fingerprint density at radius 3 is 2.42 bits per heavy atom. The van der Waals surface area contributed by atoms with Gasteiger partial charge >= 0.3 is 0 Å². The van der Waals surface area contributed by atoms with E-state index < -0.39 is 0 Å². The fourth-order valence-electron chi connectivity index (χ4n) is 2.64. The van der Waals surface area contributed by atoms with Crippen molar-refractivity contribution in [3.05, 3.63) is 58.6 Å². The minimum Gasteiger partial charge on any atom is -0.497 e. The van der Waals surface area contributed by atoms with Crippen LogP contribution in [-0.4, -0.2) is 30.5 Å². The van der Waals surface area contributed by atoms with Crippen molar-refractivity contribution in [2.45, 2.75) is 25.4 Å². The second kappa shape index (κ2) is 7.81. The van der Waals surface area contributed by atoms with Gasteiger partial charge in [0.1, 0.15) is 5.75 Å². The maximum Gasteiger partial charge on any atom is 0.238 e. The average Bonchev–Trinajstić information content (AvgIpc) is 3.42. The third-order valence-electron chi connectivity index (χ3n) is 4.08. The minimum atomic E-state index is 0.0257. The van der Waals surface area contributed by atoms with Crippen LogP contribution in [0.5, 0.6) is 5.75 Å². The molecular formula is C19H21BrN2O2. The summed E-state index contributed by atoms with van der Waals surface area (Å²) in [5, 5.41) is 2.96. The van der Waals surface area contributed by atoms with E-state index in [2.05, 4.69) is 38.3 Å². The van der Waals surface area contributed by atoms with E-state index in [4.69, 9.17) is 4.74 Å². The molecule has 1 saturated carbocycles. The number of halogens is 1. The highest BCUT2D eigenvalue weighted by Crippen LogP contribution is 2.28. The number of amides is 1. The van der Waals surface area contributed by atoms with Crippen LogP contribution < -0.4 is 10.1 Å². The summed E-state index contributed by atoms with van der Waals surface area (Å²) >= 11 is 3.40. The lowest BCUT2D eigenvalue weighted by atomic mass is 10.2. The van der Waals surface area contributed by atoms with Gasteiger partial charge in [-0.3, -0.25) is 9.69 Å². The van der Waals surface area contributed by atoms with Crippen molar-refractivity contribution in [2.24, 2.45) is 0 Å². The lowest BCUT2D eigenvalue weighted by molar-refractivity contribution is -0.117. The molecule has 0 radical (unpaired) electrons. The van der Waals surface area contributed by atoms with Crippen LogP contribution in [0.2, 0.25) is 0 Å². The van der Waals surface area contributed by atoms with Crippen LogP contribution in [0.4, 0.5) is 5.69 Å². The van der Waals surface area contributed by atoms with E-state index in [9.17, 15) is 4.79 Å². The van der Waals surface area contributed by atoms with Gasteiger partial charge in [0, 0.05) is 22.7 Å². The summed E-state index contributed by atoms with van der Waals surface area (Å²) < 4.78 is 6.19. The van der Waals surface area contributed by atoms with Crippen LogP contribution in [0.15, 0.2) is 53.0 Å². The Morgan fingerprint density at radius 2 is 1.83 bits per heavy atom. The lowest BCUT2D eigenvalue weighted by Gasteiger charge is -2.21. The van der Waals surface area contributed by atoms with Crippen molar-refractivity contribution in [2.75, 3.05) is 19.0 Å². The summed E-state index contributed by atoms with van der Waals surface area (Å²) in [6, 6.07) is 16.2. The number of carbonyl (C=O) groups is 1. The van der Waals surface area contributed by atoms with E-state index in [0.717, 1.165) is 22.5 Å². The maximum atomic E-state index is 12.3. The van der Waals surface area contributed by atoms with E-state index in [0.29, 0.717) is 12.6 Å². The molecule has 3 rings (SSSR count). The molecule has 126 valence electrons. The molecule has 0 bridgehead atoms. The van der Waals surface area contributed by atoms with Gasteiger partial charge in [0.25, 0.3) is 0 Å². The first-order valence-corrected chi connectivity index (χ1v) is 8.86. The topological polar surface area (TPSA) is 41.6 Å². The fraction of sp³-hybridized carbons (Fsp3) is 0.316. The van der Waals surface area contributed by atoms with Crippen molar-refractivity contribution in [1.82, 2.24) is 4.90 Å². The molecule has 5 heteroatoms. The van der Waals surface area contributed by atoms with E-state index in [1.807, 2.05) is 36.4 Å². The zero-order valence-electron chi connectivity index (χ0n) is 13.7. The van der Waals surface area contributed by atoms with E-state index in [1.54, 1.807) is 7.11 Å². The first-order valence-electron chi connectivity index (χ1n) is 8.06. The molecule has 0 heterocycles. The van der Waals surface area contributed by atoms with Gasteiger partial charge in [-0.25, -0.2) is 0 Å². The molecule has 0 aromatic heterocycles. The SMILES string of the molecule is COc1ccc(CN(CC(=O)Nc2ccc(Br)cc2)C2CC2)cc1. The Labute approximate surface area is 150 Å². The van der Waals surface area contributed by atoms with Crippen LogP contribution >= 0.6 is 15.9 Å². The Kier molecular flexibility index (Phi) is 5.53. The third kappa shape index (κ3) is 4.82. The normalized spacial score (nSPS) is 13.8. The van der Waals surface area contributed by atoms with Gasteiger partial charge in [-0.15, -0.1) is 0 Å². The second-order valence-electron chi connectivity index (χ2n) is 6.04. The first kappa shape index (κ1) is 17.0. The van der Waals surface area contributed by atoms with Gasteiger partial charge in [0.2, 0.25) is 5.91 Å². The number of anilines is 1. The number of hydrogen-bond donors (Lipinski definition) is 1. The van der Waals surface area contributed by atoms with Crippen LogP contribution in [0.25, 0.3) is 0 Å². The number of carbonyl (C=O) groups excluding carboxylic acids is 1. The highest BCUT2D eigenvalue weighted by molar-refractivity contribution is 9.10. The molecule has 1 aliphatic rings. The molecule has 0 saturated heterocycles. The molecular weight excluding hydrogens is 368 g/mol. The van der Waals surface area contributed by atoms with Crippen molar-refractivity contribution in [3.63, 3.8) is 0 Å². The molecule has 1 fully saturated rings. The van der Waals surface area contributed by atoms with Gasteiger partial charge in [0.15, 0.2) is 0 Å². The number of ether oxygens (including phenoxy) is 1. The number of hydrogen-bond acceptors (Lipinski definition) is 3. The molecule has 1 amide bonds. The molecule has 1 N–H and O–H groups in total. The maximum absolute atomic E-state index is 12.3. The molecule has 1 aliphatic carbocycles. The van der Waals surface area contributed by atoms with Gasteiger partial charge in [-0.05, 0) is 54.8 Å². The molecule has 0 unspecified atom stereocenters. The fourth-order valence-corrected chi connectivity index (χ4v) is 2.90. The Bertz CT molecular complexity index is 682. The van der Waals surface area contributed by atoms with Crippen LogP contribution in [-0.2, 0) is 11.3 Å². The van der Waals surface area contributed by atoms with E-state index in [-0.39, 0.29) is 5.91 Å². The quantitative estimate of drug-likeness (QED) is 0.777. The zero-order valence-corrected chi connectivity index (χ0v) is 15.3. The lowest BCUT2D eigenvalue weighted by Crippen LogP contribution is -2.34. The number of rotatable bonds is 7. The van der Waals surface area contributed by atoms with E-state index in [1.165, 1.54) is 18.4 Å². The Morgan fingerprint density at radius 1 is 1.17 bits per heavy atom. The minimum absolute atomic E-state index is 0.0257. The van der Waals surface area contributed by atoms with Crippen LogP contribution in [0.3, 0.4) is 0 Å². The Balaban J connectivity index is 1.58. The van der Waals surface area contributed by atoms with Gasteiger partial charge < -0.3 is 10.1 Å².